The molecular formula is C12H16ClN3O3S. The molecule has 0 spiro atoms. The van der Waals surface area contributed by atoms with E-state index >= 15 is 0 Å². The molecule has 0 unspecified atom stereocenters. The van der Waals surface area contributed by atoms with Crippen molar-refractivity contribution < 1.29 is 13.2 Å². The molecular weight excluding hydrogens is 302 g/mol. The summed E-state index contributed by atoms with van der Waals surface area (Å²) >= 11 is 5.68. The molecule has 1 aromatic heterocycles. The molecule has 1 aliphatic heterocycles. The highest BCUT2D eigenvalue weighted by Gasteiger charge is 2.25. The molecule has 0 bridgehead atoms. The lowest BCUT2D eigenvalue weighted by Gasteiger charge is -2.32. The highest BCUT2D eigenvalue weighted by atomic mass is 35.5. The smallest absolute Gasteiger partial charge is 0.255 e. The summed E-state index contributed by atoms with van der Waals surface area (Å²) in [6.45, 7) is 1.04. The average Bonchev–Trinajstić information content (AvgIpc) is 2.38. The van der Waals surface area contributed by atoms with Gasteiger partial charge in [0.1, 0.15) is 5.15 Å². The van der Waals surface area contributed by atoms with E-state index in [1.807, 2.05) is 0 Å². The molecule has 6 nitrogen and oxygen atoms in total. The lowest BCUT2D eigenvalue weighted by molar-refractivity contribution is 0.0711. The highest BCUT2D eigenvalue weighted by Crippen LogP contribution is 2.15. The Morgan fingerprint density at radius 3 is 2.55 bits per heavy atom. The second kappa shape index (κ2) is 6.07. The molecule has 2 rings (SSSR count). The van der Waals surface area contributed by atoms with Gasteiger partial charge in [-0.3, -0.25) is 4.79 Å². The number of aromatic nitrogens is 1. The van der Waals surface area contributed by atoms with Crippen LogP contribution in [0, 0.1) is 0 Å². The number of sulfonamides is 1. The number of piperidine rings is 1. The molecule has 0 radical (unpaired) electrons. The van der Waals surface area contributed by atoms with E-state index in [0.29, 0.717) is 36.6 Å². The Bertz CT molecular complexity index is 580. The van der Waals surface area contributed by atoms with Crippen molar-refractivity contribution in [2.24, 2.45) is 0 Å². The molecule has 0 aromatic carbocycles. The minimum Gasteiger partial charge on any atom is -0.338 e. The maximum Gasteiger partial charge on any atom is 0.255 e. The highest BCUT2D eigenvalue weighted by molar-refractivity contribution is 7.88. The summed E-state index contributed by atoms with van der Waals surface area (Å²) < 4.78 is 24.9. The molecule has 1 fully saturated rings. The maximum absolute atomic E-state index is 12.2. The standard InChI is InChI=1S/C12H16ClN3O3S/c1-20(18,19)15-10-4-6-16(7-5-10)12(17)9-2-3-11(13)14-8-9/h2-3,8,10,15H,4-7H2,1H3. The van der Waals surface area contributed by atoms with Gasteiger partial charge in [-0.25, -0.2) is 18.1 Å². The number of carbonyl (C=O) groups excluding carboxylic acids is 1. The van der Waals surface area contributed by atoms with Crippen LogP contribution >= 0.6 is 11.6 Å². The Labute approximate surface area is 123 Å². The number of hydrogen-bond acceptors (Lipinski definition) is 4. The first-order valence-corrected chi connectivity index (χ1v) is 8.50. The van der Waals surface area contributed by atoms with Crippen LogP contribution in [0.15, 0.2) is 18.3 Å². The zero-order valence-electron chi connectivity index (χ0n) is 11.0. The van der Waals surface area contributed by atoms with Crippen LogP contribution in [0.4, 0.5) is 0 Å². The number of nitrogens with zero attached hydrogens (tertiary/aromatic N) is 2. The molecule has 1 aromatic rings. The van der Waals surface area contributed by atoms with Crippen LogP contribution in [-0.4, -0.2) is 49.6 Å². The van der Waals surface area contributed by atoms with Gasteiger partial charge in [0.2, 0.25) is 10.0 Å². The molecule has 1 saturated heterocycles. The average molecular weight is 318 g/mol. The van der Waals surface area contributed by atoms with Crippen molar-refractivity contribution in [3.63, 3.8) is 0 Å². The van der Waals surface area contributed by atoms with Gasteiger partial charge >= 0.3 is 0 Å². The van der Waals surface area contributed by atoms with Crippen LogP contribution in [0.2, 0.25) is 5.15 Å². The summed E-state index contributed by atoms with van der Waals surface area (Å²) in [5.74, 6) is -0.105. The van der Waals surface area contributed by atoms with E-state index in [2.05, 4.69) is 9.71 Å². The third-order valence-corrected chi connectivity index (χ3v) is 4.12. The van der Waals surface area contributed by atoms with Gasteiger partial charge in [-0.05, 0) is 25.0 Å². The third-order valence-electron chi connectivity index (χ3n) is 3.14. The second-order valence-corrected chi connectivity index (χ2v) is 6.99. The van der Waals surface area contributed by atoms with E-state index in [-0.39, 0.29) is 11.9 Å². The van der Waals surface area contributed by atoms with Crippen LogP contribution in [0.5, 0.6) is 0 Å². The number of nitrogens with one attached hydrogen (secondary N) is 1. The molecule has 0 atom stereocenters. The van der Waals surface area contributed by atoms with Crippen LogP contribution in [0.25, 0.3) is 0 Å². The number of pyridine rings is 1. The Morgan fingerprint density at radius 2 is 2.05 bits per heavy atom. The second-order valence-electron chi connectivity index (χ2n) is 4.83. The monoisotopic (exact) mass is 317 g/mol. The van der Waals surface area contributed by atoms with E-state index in [0.717, 1.165) is 6.26 Å². The normalized spacial score (nSPS) is 17.2. The van der Waals surface area contributed by atoms with Crippen molar-refractivity contribution in [1.82, 2.24) is 14.6 Å². The fourth-order valence-electron chi connectivity index (χ4n) is 2.19. The molecule has 8 heteroatoms. The number of rotatable bonds is 3. The summed E-state index contributed by atoms with van der Waals surface area (Å²) in [7, 11) is -3.20. The summed E-state index contributed by atoms with van der Waals surface area (Å²) in [4.78, 5) is 17.8. The fourth-order valence-corrected chi connectivity index (χ4v) is 3.14. The van der Waals surface area contributed by atoms with Gasteiger partial charge in [0, 0.05) is 25.3 Å². The van der Waals surface area contributed by atoms with Crippen LogP contribution in [0.1, 0.15) is 23.2 Å². The number of amides is 1. The van der Waals surface area contributed by atoms with Gasteiger partial charge in [-0.2, -0.15) is 0 Å². The van der Waals surface area contributed by atoms with Crippen molar-refractivity contribution >= 4 is 27.5 Å². The number of hydrogen-bond donors (Lipinski definition) is 1. The summed E-state index contributed by atoms with van der Waals surface area (Å²) in [6, 6.07) is 3.11. The number of halogens is 1. The van der Waals surface area contributed by atoms with E-state index in [9.17, 15) is 13.2 Å². The Balaban J connectivity index is 1.93. The van der Waals surface area contributed by atoms with Gasteiger partial charge in [0.25, 0.3) is 5.91 Å². The molecule has 20 heavy (non-hydrogen) atoms. The minimum absolute atomic E-state index is 0.0996. The first-order valence-electron chi connectivity index (χ1n) is 6.23. The van der Waals surface area contributed by atoms with Gasteiger partial charge in [-0.1, -0.05) is 11.6 Å². The van der Waals surface area contributed by atoms with Crippen molar-refractivity contribution in [2.45, 2.75) is 18.9 Å². The Kier molecular flexibility index (Phi) is 4.62. The van der Waals surface area contributed by atoms with Gasteiger partial charge in [0.05, 0.1) is 11.8 Å². The zero-order chi connectivity index (χ0) is 14.8. The number of likely N-dealkylation sites (tertiary alicyclic amines) is 1. The van der Waals surface area contributed by atoms with Crippen LogP contribution < -0.4 is 4.72 Å². The molecule has 1 N–H and O–H groups in total. The first-order chi connectivity index (χ1) is 9.35. The Morgan fingerprint density at radius 1 is 1.40 bits per heavy atom. The quantitative estimate of drug-likeness (QED) is 0.840. The van der Waals surface area contributed by atoms with Gasteiger partial charge in [-0.15, -0.1) is 0 Å². The maximum atomic E-state index is 12.2. The summed E-state index contributed by atoms with van der Waals surface area (Å²) in [6.07, 6.45) is 3.81. The largest absolute Gasteiger partial charge is 0.338 e. The van der Waals surface area contributed by atoms with Crippen molar-refractivity contribution in [3.05, 3.63) is 29.0 Å². The first kappa shape index (κ1) is 15.2. The van der Waals surface area contributed by atoms with E-state index in [4.69, 9.17) is 11.6 Å². The Hall–Kier alpha value is -1.18. The molecule has 1 amide bonds. The lowest BCUT2D eigenvalue weighted by atomic mass is 10.1. The third kappa shape index (κ3) is 4.16. The molecule has 1 aliphatic rings. The minimum atomic E-state index is -3.20. The zero-order valence-corrected chi connectivity index (χ0v) is 12.6. The SMILES string of the molecule is CS(=O)(=O)NC1CCN(C(=O)c2ccc(Cl)nc2)CC1. The van der Waals surface area contributed by atoms with E-state index < -0.39 is 10.0 Å². The molecule has 110 valence electrons. The molecule has 2 heterocycles. The molecule has 0 aliphatic carbocycles. The number of carbonyl (C=O) groups is 1. The van der Waals surface area contributed by atoms with Crippen LogP contribution in [-0.2, 0) is 10.0 Å². The predicted octanol–water partition coefficient (Wildman–Crippen LogP) is 0.889. The summed E-state index contributed by atoms with van der Waals surface area (Å²) in [5.41, 5.74) is 0.490. The summed E-state index contributed by atoms with van der Waals surface area (Å²) in [5, 5.41) is 0.345. The topological polar surface area (TPSA) is 79.4 Å². The fraction of sp³-hybridized carbons (Fsp3) is 0.500. The lowest BCUT2D eigenvalue weighted by Crippen LogP contribution is -2.46. The van der Waals surface area contributed by atoms with E-state index in [1.54, 1.807) is 17.0 Å². The van der Waals surface area contributed by atoms with Crippen molar-refractivity contribution in [2.75, 3.05) is 19.3 Å². The van der Waals surface area contributed by atoms with Gasteiger partial charge < -0.3 is 4.90 Å². The van der Waals surface area contributed by atoms with Crippen molar-refractivity contribution in [3.8, 4) is 0 Å². The van der Waals surface area contributed by atoms with Crippen molar-refractivity contribution in [1.29, 1.82) is 0 Å². The van der Waals surface area contributed by atoms with Crippen LogP contribution in [0.3, 0.4) is 0 Å². The van der Waals surface area contributed by atoms with E-state index in [1.165, 1.54) is 6.20 Å². The molecule has 0 saturated carbocycles. The predicted molar refractivity (Wildman–Crippen MR) is 76.2 cm³/mol. The van der Waals surface area contributed by atoms with Gasteiger partial charge in [0.15, 0.2) is 0 Å².